The monoisotopic (exact) mass is 489 g/mol. The smallest absolute Gasteiger partial charge is 0.410 e. The Morgan fingerprint density at radius 2 is 2.09 bits per heavy atom. The molecule has 0 aromatic carbocycles. The van der Waals surface area contributed by atoms with Gasteiger partial charge in [-0.25, -0.2) is 9.48 Å². The van der Waals surface area contributed by atoms with Gasteiger partial charge in [-0.15, -0.1) is 16.4 Å². The lowest BCUT2D eigenvalue weighted by atomic mass is 9.85. The molecule has 2 atom stereocenters. The molecule has 9 heteroatoms. The molecule has 188 valence electrons. The number of hydrogen-bond acceptors (Lipinski definition) is 7. The average Bonchev–Trinajstić information content (AvgIpc) is 3.34. The van der Waals surface area contributed by atoms with Crippen molar-refractivity contribution in [1.29, 1.82) is 0 Å². The van der Waals surface area contributed by atoms with Crippen molar-refractivity contribution in [3.63, 3.8) is 0 Å². The second-order valence-corrected chi connectivity index (χ2v) is 11.9. The summed E-state index contributed by atoms with van der Waals surface area (Å²) in [5.41, 5.74) is 1.97. The van der Waals surface area contributed by atoms with Crippen molar-refractivity contribution in [2.45, 2.75) is 90.4 Å². The molecule has 1 unspecified atom stereocenters. The number of thiophene rings is 1. The number of nitrogens with zero attached hydrogens (tertiary/aromatic N) is 5. The van der Waals surface area contributed by atoms with Crippen LogP contribution in [0, 0.1) is 0 Å². The fraction of sp³-hybridized carbons (Fsp3) is 0.720. The summed E-state index contributed by atoms with van der Waals surface area (Å²) in [6, 6.07) is 3.00. The second-order valence-electron chi connectivity index (χ2n) is 10.7. The zero-order valence-corrected chi connectivity index (χ0v) is 22.0. The lowest BCUT2D eigenvalue weighted by Crippen LogP contribution is -2.52. The lowest BCUT2D eigenvalue weighted by molar-refractivity contribution is -0.000623. The maximum Gasteiger partial charge on any atom is 0.410 e. The van der Waals surface area contributed by atoms with Crippen molar-refractivity contribution >= 4 is 17.4 Å². The molecule has 2 aliphatic heterocycles. The molecule has 2 saturated heterocycles. The third-order valence-corrected chi connectivity index (χ3v) is 8.20. The average molecular weight is 490 g/mol. The number of aromatic nitrogens is 3. The Labute approximate surface area is 206 Å². The lowest BCUT2D eigenvalue weighted by Gasteiger charge is -2.39. The van der Waals surface area contributed by atoms with E-state index in [1.807, 2.05) is 43.0 Å². The van der Waals surface area contributed by atoms with E-state index in [0.717, 1.165) is 44.5 Å². The zero-order chi connectivity index (χ0) is 24.5. The first-order valence-corrected chi connectivity index (χ1v) is 13.3. The van der Waals surface area contributed by atoms with Crippen LogP contribution < -0.4 is 0 Å². The predicted molar refractivity (Wildman–Crippen MR) is 133 cm³/mol. The van der Waals surface area contributed by atoms with Crippen LogP contribution >= 0.6 is 11.3 Å². The van der Waals surface area contributed by atoms with Crippen molar-refractivity contribution in [2.24, 2.45) is 0 Å². The Kier molecular flexibility index (Phi) is 7.64. The van der Waals surface area contributed by atoms with E-state index in [4.69, 9.17) is 4.74 Å². The molecule has 0 spiro atoms. The molecule has 0 bridgehead atoms. The van der Waals surface area contributed by atoms with E-state index in [1.165, 1.54) is 15.3 Å². The van der Waals surface area contributed by atoms with Crippen LogP contribution in [0.5, 0.6) is 0 Å². The van der Waals surface area contributed by atoms with Gasteiger partial charge in [-0.05, 0) is 71.0 Å². The first-order valence-electron chi connectivity index (χ1n) is 12.5. The number of carbonyl (C=O) groups excluding carboxylic acids is 1. The number of amides is 1. The second kappa shape index (κ2) is 10.3. The maximum absolute atomic E-state index is 12.2. The van der Waals surface area contributed by atoms with Crippen LogP contribution in [0.3, 0.4) is 0 Å². The molecule has 8 nitrogen and oxygen atoms in total. The van der Waals surface area contributed by atoms with Crippen molar-refractivity contribution in [1.82, 2.24) is 24.8 Å². The van der Waals surface area contributed by atoms with Gasteiger partial charge in [-0.1, -0.05) is 12.1 Å². The predicted octanol–water partition coefficient (Wildman–Crippen LogP) is 4.00. The third kappa shape index (κ3) is 5.80. The highest BCUT2D eigenvalue weighted by atomic mass is 32.1. The zero-order valence-electron chi connectivity index (χ0n) is 21.2. The molecule has 1 amide bonds. The Hall–Kier alpha value is -1.97. The van der Waals surface area contributed by atoms with Crippen LogP contribution in [0.1, 0.15) is 80.4 Å². The minimum absolute atomic E-state index is 0.160. The standard InChI is InChI=1S/C25H39N5O3S/c1-6-21-12-22(23(34-21)8-10-31)18-7-9-28(17(2)11-18)13-19-14-30(27-26-19)20-15-29(16-20)24(32)33-25(3,4)5/h12,14,17-18,20,31H,6-11,13,15-16H2,1-5H3/t17-,18?/m0/s1. The Morgan fingerprint density at radius 3 is 2.74 bits per heavy atom. The van der Waals surface area contributed by atoms with Crippen LogP contribution in [0.25, 0.3) is 0 Å². The number of rotatable bonds is 7. The number of ether oxygens (including phenoxy) is 1. The number of piperidine rings is 1. The Bertz CT molecular complexity index is 976. The molecular formula is C25H39N5O3S. The molecule has 0 saturated carbocycles. The molecule has 4 rings (SSSR count). The van der Waals surface area contributed by atoms with Crippen LogP contribution in [0.2, 0.25) is 0 Å². The molecule has 2 aromatic rings. The van der Waals surface area contributed by atoms with Gasteiger partial charge in [0.15, 0.2) is 0 Å². The van der Waals surface area contributed by atoms with Crippen molar-refractivity contribution in [3.8, 4) is 0 Å². The Balaban J connectivity index is 1.29. The molecule has 2 fully saturated rings. The molecule has 4 heterocycles. The summed E-state index contributed by atoms with van der Waals surface area (Å²) in [5, 5.41) is 18.3. The fourth-order valence-corrected chi connectivity index (χ4v) is 6.11. The normalized spacial score (nSPS) is 22.1. The van der Waals surface area contributed by atoms with Gasteiger partial charge in [0.1, 0.15) is 5.60 Å². The maximum atomic E-state index is 12.2. The molecule has 34 heavy (non-hydrogen) atoms. The number of carbonyl (C=O) groups is 1. The van der Waals surface area contributed by atoms with Gasteiger partial charge in [0, 0.05) is 48.5 Å². The summed E-state index contributed by atoms with van der Waals surface area (Å²) >= 11 is 1.87. The molecule has 2 aliphatic rings. The van der Waals surface area contributed by atoms with Crippen LogP contribution in [-0.2, 0) is 24.1 Å². The van der Waals surface area contributed by atoms with Gasteiger partial charge in [0.2, 0.25) is 0 Å². The first kappa shape index (κ1) is 25.1. The highest BCUT2D eigenvalue weighted by molar-refractivity contribution is 7.12. The SMILES string of the molecule is CCc1cc(C2CCN(Cc3cn(C4CN(C(=O)OC(C)(C)C)C4)nn3)[C@@H](C)C2)c(CCO)s1. The van der Waals surface area contributed by atoms with E-state index in [2.05, 4.69) is 35.1 Å². The number of aliphatic hydroxyl groups is 1. The number of aryl methyl sites for hydroxylation is 1. The van der Waals surface area contributed by atoms with E-state index in [1.54, 1.807) is 4.90 Å². The van der Waals surface area contributed by atoms with E-state index in [9.17, 15) is 9.90 Å². The molecule has 1 N–H and O–H groups in total. The van der Waals surface area contributed by atoms with Gasteiger partial charge >= 0.3 is 6.09 Å². The molecular weight excluding hydrogens is 450 g/mol. The number of likely N-dealkylation sites (tertiary alicyclic amines) is 2. The van der Waals surface area contributed by atoms with E-state index >= 15 is 0 Å². The molecule has 0 radical (unpaired) electrons. The largest absolute Gasteiger partial charge is 0.444 e. The number of aliphatic hydroxyl groups excluding tert-OH is 1. The topological polar surface area (TPSA) is 83.7 Å². The van der Waals surface area contributed by atoms with Crippen LogP contribution in [0.4, 0.5) is 4.79 Å². The van der Waals surface area contributed by atoms with Crippen molar-refractivity contribution < 1.29 is 14.6 Å². The van der Waals surface area contributed by atoms with Gasteiger partial charge in [0.25, 0.3) is 0 Å². The summed E-state index contributed by atoms with van der Waals surface area (Å²) in [4.78, 5) is 19.2. The minimum atomic E-state index is -0.477. The van der Waals surface area contributed by atoms with Crippen LogP contribution in [0.15, 0.2) is 12.3 Å². The summed E-state index contributed by atoms with van der Waals surface area (Å²) < 4.78 is 7.33. The number of hydrogen-bond donors (Lipinski definition) is 1. The minimum Gasteiger partial charge on any atom is -0.444 e. The quantitative estimate of drug-likeness (QED) is 0.633. The van der Waals surface area contributed by atoms with Gasteiger partial charge in [-0.2, -0.15) is 0 Å². The summed E-state index contributed by atoms with van der Waals surface area (Å²) in [6.45, 7) is 13.4. The van der Waals surface area contributed by atoms with Crippen molar-refractivity contribution in [2.75, 3.05) is 26.2 Å². The Morgan fingerprint density at radius 1 is 1.32 bits per heavy atom. The van der Waals surface area contributed by atoms with Gasteiger partial charge in [-0.3, -0.25) is 4.90 Å². The summed E-state index contributed by atoms with van der Waals surface area (Å²) in [7, 11) is 0. The van der Waals surface area contributed by atoms with Gasteiger partial charge in [0.05, 0.1) is 17.9 Å². The third-order valence-electron chi connectivity index (χ3n) is 6.84. The van der Waals surface area contributed by atoms with E-state index < -0.39 is 5.60 Å². The first-order chi connectivity index (χ1) is 16.2. The molecule has 0 aliphatic carbocycles. The van der Waals surface area contributed by atoms with Crippen LogP contribution in [-0.4, -0.2) is 73.9 Å². The highest BCUT2D eigenvalue weighted by Gasteiger charge is 2.36. The summed E-state index contributed by atoms with van der Waals surface area (Å²) in [6.07, 6.45) is 5.85. The van der Waals surface area contributed by atoms with Gasteiger partial charge < -0.3 is 14.7 Å². The van der Waals surface area contributed by atoms with E-state index in [-0.39, 0.29) is 18.7 Å². The summed E-state index contributed by atoms with van der Waals surface area (Å²) in [5.74, 6) is 0.564. The fourth-order valence-electron chi connectivity index (χ4n) is 4.93. The highest BCUT2D eigenvalue weighted by Crippen LogP contribution is 2.38. The van der Waals surface area contributed by atoms with Crippen molar-refractivity contribution in [3.05, 3.63) is 33.3 Å². The molecule has 2 aromatic heterocycles. The van der Waals surface area contributed by atoms with E-state index in [0.29, 0.717) is 25.0 Å².